The Morgan fingerprint density at radius 2 is 2.11 bits per heavy atom. The molecule has 2 aromatic rings. The number of aromatic nitrogens is 1. The molecule has 0 fully saturated rings. The lowest BCUT2D eigenvalue weighted by molar-refractivity contribution is 0.127. The fourth-order valence-electron chi connectivity index (χ4n) is 2.14. The third-order valence-electron chi connectivity index (χ3n) is 3.11. The van der Waals surface area contributed by atoms with Crippen molar-refractivity contribution in [2.45, 2.75) is 38.5 Å². The standard InChI is InChI=1S/C15H20N2O2/c1-11(10-14(18)15-7-5-9-19-15)17-12(2)13-6-3-4-8-16-13/h3-9,11-12,14,17-18H,10H2,1-2H3. The predicted octanol–water partition coefficient (Wildman–Crippen LogP) is 2.84. The molecule has 4 nitrogen and oxygen atoms in total. The summed E-state index contributed by atoms with van der Waals surface area (Å²) in [6.45, 7) is 4.11. The number of aliphatic hydroxyl groups excluding tert-OH is 1. The summed E-state index contributed by atoms with van der Waals surface area (Å²) in [7, 11) is 0. The van der Waals surface area contributed by atoms with Crippen molar-refractivity contribution in [2.75, 3.05) is 0 Å². The van der Waals surface area contributed by atoms with Gasteiger partial charge in [0.05, 0.1) is 12.0 Å². The van der Waals surface area contributed by atoms with Gasteiger partial charge in [0.25, 0.3) is 0 Å². The van der Waals surface area contributed by atoms with Crippen molar-refractivity contribution < 1.29 is 9.52 Å². The van der Waals surface area contributed by atoms with Gasteiger partial charge in [-0.1, -0.05) is 6.07 Å². The normalized spacial score (nSPS) is 15.9. The summed E-state index contributed by atoms with van der Waals surface area (Å²) < 4.78 is 5.20. The van der Waals surface area contributed by atoms with Crippen LogP contribution in [0.5, 0.6) is 0 Å². The molecule has 102 valence electrons. The summed E-state index contributed by atoms with van der Waals surface area (Å²) in [5, 5.41) is 13.4. The van der Waals surface area contributed by atoms with Crippen LogP contribution in [-0.4, -0.2) is 16.1 Å². The second-order valence-corrected chi connectivity index (χ2v) is 4.81. The number of nitrogens with zero attached hydrogens (tertiary/aromatic N) is 1. The Hall–Kier alpha value is -1.65. The van der Waals surface area contributed by atoms with Crippen LogP contribution in [0.2, 0.25) is 0 Å². The van der Waals surface area contributed by atoms with Crippen LogP contribution in [0.1, 0.15) is 43.9 Å². The molecule has 0 aromatic carbocycles. The highest BCUT2D eigenvalue weighted by molar-refractivity contribution is 5.08. The van der Waals surface area contributed by atoms with Crippen LogP contribution >= 0.6 is 0 Å². The second kappa shape index (κ2) is 6.50. The lowest BCUT2D eigenvalue weighted by Crippen LogP contribution is -2.30. The number of hydrogen-bond acceptors (Lipinski definition) is 4. The summed E-state index contributed by atoms with van der Waals surface area (Å²) in [5.74, 6) is 0.610. The lowest BCUT2D eigenvalue weighted by Gasteiger charge is -2.21. The first-order valence-corrected chi connectivity index (χ1v) is 6.55. The molecule has 2 N–H and O–H groups in total. The summed E-state index contributed by atoms with van der Waals surface area (Å²) in [4.78, 5) is 4.32. The van der Waals surface area contributed by atoms with Crippen molar-refractivity contribution in [3.05, 3.63) is 54.2 Å². The molecular weight excluding hydrogens is 240 g/mol. The van der Waals surface area contributed by atoms with Gasteiger partial charge >= 0.3 is 0 Å². The number of pyridine rings is 1. The van der Waals surface area contributed by atoms with Crippen LogP contribution in [0.4, 0.5) is 0 Å². The van der Waals surface area contributed by atoms with E-state index in [2.05, 4.69) is 17.2 Å². The molecule has 0 aliphatic rings. The van der Waals surface area contributed by atoms with E-state index >= 15 is 0 Å². The molecule has 0 saturated carbocycles. The maximum atomic E-state index is 10.0. The topological polar surface area (TPSA) is 58.3 Å². The zero-order chi connectivity index (χ0) is 13.7. The Morgan fingerprint density at radius 3 is 2.74 bits per heavy atom. The third kappa shape index (κ3) is 3.91. The number of hydrogen-bond donors (Lipinski definition) is 2. The van der Waals surface area contributed by atoms with Crippen molar-refractivity contribution in [1.29, 1.82) is 0 Å². The molecule has 4 heteroatoms. The number of aliphatic hydroxyl groups is 1. The maximum Gasteiger partial charge on any atom is 0.132 e. The fourth-order valence-corrected chi connectivity index (χ4v) is 2.14. The Morgan fingerprint density at radius 1 is 1.26 bits per heavy atom. The van der Waals surface area contributed by atoms with Gasteiger partial charge < -0.3 is 14.8 Å². The van der Waals surface area contributed by atoms with Crippen molar-refractivity contribution in [3.63, 3.8) is 0 Å². The van der Waals surface area contributed by atoms with Crippen molar-refractivity contribution in [1.82, 2.24) is 10.3 Å². The molecule has 0 aliphatic heterocycles. The Bertz CT molecular complexity index is 470. The fraction of sp³-hybridized carbons (Fsp3) is 0.400. The molecule has 19 heavy (non-hydrogen) atoms. The lowest BCUT2D eigenvalue weighted by atomic mass is 10.1. The quantitative estimate of drug-likeness (QED) is 0.838. The van der Waals surface area contributed by atoms with Gasteiger partial charge in [-0.25, -0.2) is 0 Å². The minimum absolute atomic E-state index is 0.153. The third-order valence-corrected chi connectivity index (χ3v) is 3.11. The first-order valence-electron chi connectivity index (χ1n) is 6.55. The summed E-state index contributed by atoms with van der Waals surface area (Å²) >= 11 is 0. The number of furan rings is 1. The predicted molar refractivity (Wildman–Crippen MR) is 73.5 cm³/mol. The molecule has 0 radical (unpaired) electrons. The van der Waals surface area contributed by atoms with Gasteiger partial charge in [0, 0.05) is 18.3 Å². The summed E-state index contributed by atoms with van der Waals surface area (Å²) in [6.07, 6.45) is 3.39. The minimum Gasteiger partial charge on any atom is -0.467 e. The van der Waals surface area contributed by atoms with E-state index in [0.717, 1.165) is 5.69 Å². The van der Waals surface area contributed by atoms with E-state index in [-0.39, 0.29) is 12.1 Å². The molecule has 3 atom stereocenters. The van der Waals surface area contributed by atoms with Crippen LogP contribution in [0.25, 0.3) is 0 Å². The summed E-state index contributed by atoms with van der Waals surface area (Å²) in [5.41, 5.74) is 1.00. The van der Waals surface area contributed by atoms with Crippen LogP contribution in [0.15, 0.2) is 47.2 Å². The van der Waals surface area contributed by atoms with E-state index in [1.165, 1.54) is 0 Å². The number of nitrogens with one attached hydrogen (secondary N) is 1. The zero-order valence-electron chi connectivity index (χ0n) is 11.3. The van der Waals surface area contributed by atoms with Gasteiger partial charge in [-0.3, -0.25) is 4.98 Å². The molecule has 2 heterocycles. The average Bonchev–Trinajstić information content (AvgIpc) is 2.93. The van der Waals surface area contributed by atoms with Gasteiger partial charge in [-0.05, 0) is 44.5 Å². The van der Waals surface area contributed by atoms with Crippen LogP contribution in [0.3, 0.4) is 0 Å². The Balaban J connectivity index is 1.86. The molecule has 0 saturated heterocycles. The highest BCUT2D eigenvalue weighted by Gasteiger charge is 2.17. The van der Waals surface area contributed by atoms with E-state index in [4.69, 9.17) is 4.42 Å². The van der Waals surface area contributed by atoms with Crippen LogP contribution in [0, 0.1) is 0 Å². The highest BCUT2D eigenvalue weighted by atomic mass is 16.4. The molecule has 0 aliphatic carbocycles. The van der Waals surface area contributed by atoms with E-state index in [0.29, 0.717) is 12.2 Å². The van der Waals surface area contributed by atoms with Crippen LogP contribution in [-0.2, 0) is 0 Å². The zero-order valence-corrected chi connectivity index (χ0v) is 11.3. The van der Waals surface area contributed by atoms with Gasteiger partial charge in [-0.15, -0.1) is 0 Å². The van der Waals surface area contributed by atoms with E-state index < -0.39 is 6.10 Å². The van der Waals surface area contributed by atoms with E-state index in [9.17, 15) is 5.11 Å². The van der Waals surface area contributed by atoms with Crippen molar-refractivity contribution >= 4 is 0 Å². The molecule has 2 rings (SSSR count). The first-order chi connectivity index (χ1) is 9.16. The minimum atomic E-state index is -0.576. The molecule has 0 spiro atoms. The largest absolute Gasteiger partial charge is 0.467 e. The SMILES string of the molecule is CC(CC(O)c1ccco1)NC(C)c1ccccn1. The van der Waals surface area contributed by atoms with E-state index in [1.54, 1.807) is 24.6 Å². The van der Waals surface area contributed by atoms with Crippen LogP contribution < -0.4 is 5.32 Å². The maximum absolute atomic E-state index is 10.0. The van der Waals surface area contributed by atoms with Gasteiger partial charge in [0.1, 0.15) is 11.9 Å². The summed E-state index contributed by atoms with van der Waals surface area (Å²) in [6, 6.07) is 9.76. The second-order valence-electron chi connectivity index (χ2n) is 4.81. The molecule has 0 bridgehead atoms. The van der Waals surface area contributed by atoms with Crippen molar-refractivity contribution in [3.8, 4) is 0 Å². The monoisotopic (exact) mass is 260 g/mol. The van der Waals surface area contributed by atoms with E-state index in [1.807, 2.05) is 25.1 Å². The smallest absolute Gasteiger partial charge is 0.132 e. The molecule has 0 amide bonds. The molecule has 2 aromatic heterocycles. The molecule has 3 unspecified atom stereocenters. The Labute approximate surface area is 113 Å². The average molecular weight is 260 g/mol. The highest BCUT2D eigenvalue weighted by Crippen LogP contribution is 2.20. The van der Waals surface area contributed by atoms with Gasteiger partial charge in [0.15, 0.2) is 0 Å². The first kappa shape index (κ1) is 13.8. The van der Waals surface area contributed by atoms with Gasteiger partial charge in [0.2, 0.25) is 0 Å². The number of rotatable bonds is 6. The van der Waals surface area contributed by atoms with Gasteiger partial charge in [-0.2, -0.15) is 0 Å². The molecular formula is C15H20N2O2. The van der Waals surface area contributed by atoms with Crippen molar-refractivity contribution in [2.24, 2.45) is 0 Å². The Kier molecular flexibility index (Phi) is 4.71.